The molecule has 0 amide bonds. The van der Waals surface area contributed by atoms with Gasteiger partial charge in [-0.25, -0.2) is 0 Å². The SMILES string of the molecule is OCCC1CNCCN1CCc1ccccc1. The zero-order chi connectivity index (χ0) is 11.9. The third-order valence-electron chi connectivity index (χ3n) is 3.46. The highest BCUT2D eigenvalue weighted by atomic mass is 16.3. The summed E-state index contributed by atoms with van der Waals surface area (Å²) in [5.41, 5.74) is 1.40. The average molecular weight is 234 g/mol. The standard InChI is InChI=1S/C14H22N2O/c17-11-7-14-12-15-8-10-16(14)9-6-13-4-2-1-3-5-13/h1-5,14-15,17H,6-12H2. The highest BCUT2D eigenvalue weighted by molar-refractivity contribution is 5.14. The molecule has 1 aromatic carbocycles. The minimum absolute atomic E-state index is 0.286. The molecule has 1 fully saturated rings. The molecule has 1 saturated heterocycles. The van der Waals surface area contributed by atoms with Gasteiger partial charge in [-0.15, -0.1) is 0 Å². The van der Waals surface area contributed by atoms with E-state index in [0.29, 0.717) is 6.04 Å². The minimum atomic E-state index is 0.286. The van der Waals surface area contributed by atoms with Crippen LogP contribution in [0.3, 0.4) is 0 Å². The maximum Gasteiger partial charge on any atom is 0.0446 e. The summed E-state index contributed by atoms with van der Waals surface area (Å²) >= 11 is 0. The molecule has 0 bridgehead atoms. The van der Waals surface area contributed by atoms with Crippen molar-refractivity contribution in [2.24, 2.45) is 0 Å². The van der Waals surface area contributed by atoms with Crippen molar-refractivity contribution in [3.05, 3.63) is 35.9 Å². The first-order valence-corrected chi connectivity index (χ1v) is 6.49. The van der Waals surface area contributed by atoms with Gasteiger partial charge in [0.2, 0.25) is 0 Å². The van der Waals surface area contributed by atoms with Crippen LogP contribution < -0.4 is 5.32 Å². The fraction of sp³-hybridized carbons (Fsp3) is 0.571. The van der Waals surface area contributed by atoms with E-state index < -0.39 is 0 Å². The average Bonchev–Trinajstić information content (AvgIpc) is 2.39. The van der Waals surface area contributed by atoms with Gasteiger partial charge in [0.1, 0.15) is 0 Å². The molecule has 1 aliphatic heterocycles. The summed E-state index contributed by atoms with van der Waals surface area (Å²) in [6.07, 6.45) is 1.98. The minimum Gasteiger partial charge on any atom is -0.396 e. The molecule has 0 aliphatic carbocycles. The molecule has 2 rings (SSSR count). The predicted molar refractivity (Wildman–Crippen MR) is 70.1 cm³/mol. The van der Waals surface area contributed by atoms with Gasteiger partial charge >= 0.3 is 0 Å². The molecule has 1 unspecified atom stereocenters. The summed E-state index contributed by atoms with van der Waals surface area (Å²) in [7, 11) is 0. The monoisotopic (exact) mass is 234 g/mol. The Labute approximate surface area is 103 Å². The van der Waals surface area contributed by atoms with Gasteiger partial charge in [0.15, 0.2) is 0 Å². The van der Waals surface area contributed by atoms with Crippen molar-refractivity contribution in [3.8, 4) is 0 Å². The zero-order valence-electron chi connectivity index (χ0n) is 10.3. The van der Waals surface area contributed by atoms with Crippen LogP contribution in [0.25, 0.3) is 0 Å². The van der Waals surface area contributed by atoms with Crippen molar-refractivity contribution >= 4 is 0 Å². The lowest BCUT2D eigenvalue weighted by Gasteiger charge is -2.36. The first-order valence-electron chi connectivity index (χ1n) is 6.49. The zero-order valence-corrected chi connectivity index (χ0v) is 10.3. The van der Waals surface area contributed by atoms with E-state index in [0.717, 1.165) is 39.0 Å². The Morgan fingerprint density at radius 1 is 1.29 bits per heavy atom. The number of nitrogens with zero attached hydrogens (tertiary/aromatic N) is 1. The second-order valence-electron chi connectivity index (χ2n) is 4.64. The third-order valence-corrected chi connectivity index (χ3v) is 3.46. The van der Waals surface area contributed by atoms with E-state index in [-0.39, 0.29) is 6.61 Å². The van der Waals surface area contributed by atoms with E-state index in [9.17, 15) is 0 Å². The lowest BCUT2D eigenvalue weighted by molar-refractivity contribution is 0.132. The van der Waals surface area contributed by atoms with Gasteiger partial charge in [-0.3, -0.25) is 4.90 Å². The number of hydrogen-bond acceptors (Lipinski definition) is 3. The Kier molecular flexibility index (Phi) is 4.98. The summed E-state index contributed by atoms with van der Waals surface area (Å²) < 4.78 is 0. The number of aliphatic hydroxyl groups is 1. The molecular weight excluding hydrogens is 212 g/mol. The maximum absolute atomic E-state index is 9.07. The van der Waals surface area contributed by atoms with Crippen molar-refractivity contribution < 1.29 is 5.11 Å². The lowest BCUT2D eigenvalue weighted by atomic mass is 10.1. The number of aliphatic hydroxyl groups excluding tert-OH is 1. The fourth-order valence-corrected chi connectivity index (χ4v) is 2.45. The van der Waals surface area contributed by atoms with Crippen LogP contribution in [0.5, 0.6) is 0 Å². The molecule has 2 N–H and O–H groups in total. The van der Waals surface area contributed by atoms with Crippen molar-refractivity contribution in [3.63, 3.8) is 0 Å². The number of piperazine rings is 1. The van der Waals surface area contributed by atoms with Gasteiger partial charge in [-0.2, -0.15) is 0 Å². The van der Waals surface area contributed by atoms with Crippen LogP contribution in [0.2, 0.25) is 0 Å². The van der Waals surface area contributed by atoms with E-state index in [4.69, 9.17) is 5.11 Å². The number of nitrogens with one attached hydrogen (secondary N) is 1. The molecule has 1 atom stereocenters. The lowest BCUT2D eigenvalue weighted by Crippen LogP contribution is -2.52. The molecule has 1 aliphatic rings. The first-order chi connectivity index (χ1) is 8.40. The summed E-state index contributed by atoms with van der Waals surface area (Å²) in [6.45, 7) is 4.55. The Hall–Kier alpha value is -0.900. The number of rotatable bonds is 5. The number of hydrogen-bond donors (Lipinski definition) is 2. The molecule has 0 saturated carbocycles. The Morgan fingerprint density at radius 2 is 2.12 bits per heavy atom. The molecule has 1 heterocycles. The largest absolute Gasteiger partial charge is 0.396 e. The fourth-order valence-electron chi connectivity index (χ4n) is 2.45. The van der Waals surface area contributed by atoms with E-state index in [1.54, 1.807) is 0 Å². The van der Waals surface area contributed by atoms with Gasteiger partial charge in [0, 0.05) is 38.8 Å². The summed E-state index contributed by atoms with van der Waals surface area (Å²) in [6, 6.07) is 11.1. The van der Waals surface area contributed by atoms with Crippen LogP contribution in [0.4, 0.5) is 0 Å². The predicted octanol–water partition coefficient (Wildman–Crippen LogP) is 0.885. The topological polar surface area (TPSA) is 35.5 Å². The van der Waals surface area contributed by atoms with Crippen molar-refractivity contribution in [2.75, 3.05) is 32.8 Å². The second-order valence-corrected chi connectivity index (χ2v) is 4.64. The van der Waals surface area contributed by atoms with Crippen molar-refractivity contribution in [1.29, 1.82) is 0 Å². The van der Waals surface area contributed by atoms with Crippen molar-refractivity contribution in [1.82, 2.24) is 10.2 Å². The van der Waals surface area contributed by atoms with Crippen LogP contribution in [0, 0.1) is 0 Å². The Morgan fingerprint density at radius 3 is 2.88 bits per heavy atom. The molecule has 3 heteroatoms. The Bertz CT molecular complexity index is 313. The highest BCUT2D eigenvalue weighted by Crippen LogP contribution is 2.09. The van der Waals surface area contributed by atoms with E-state index >= 15 is 0 Å². The van der Waals surface area contributed by atoms with Crippen LogP contribution in [0.1, 0.15) is 12.0 Å². The maximum atomic E-state index is 9.07. The summed E-state index contributed by atoms with van der Waals surface area (Å²) in [4.78, 5) is 2.50. The normalized spacial score (nSPS) is 21.6. The van der Waals surface area contributed by atoms with Gasteiger partial charge in [0.25, 0.3) is 0 Å². The van der Waals surface area contributed by atoms with Gasteiger partial charge in [0.05, 0.1) is 0 Å². The summed E-state index contributed by atoms with van der Waals surface area (Å²) in [5.74, 6) is 0. The third kappa shape index (κ3) is 3.80. The van der Waals surface area contributed by atoms with Crippen molar-refractivity contribution in [2.45, 2.75) is 18.9 Å². The first kappa shape index (κ1) is 12.6. The molecule has 3 nitrogen and oxygen atoms in total. The molecule has 94 valence electrons. The molecular formula is C14H22N2O. The smallest absolute Gasteiger partial charge is 0.0446 e. The van der Waals surface area contributed by atoms with Gasteiger partial charge < -0.3 is 10.4 Å². The van der Waals surface area contributed by atoms with E-state index in [2.05, 4.69) is 40.5 Å². The molecule has 0 aromatic heterocycles. The van der Waals surface area contributed by atoms with E-state index in [1.165, 1.54) is 5.56 Å². The molecule has 0 radical (unpaired) electrons. The van der Waals surface area contributed by atoms with E-state index in [1.807, 2.05) is 0 Å². The quantitative estimate of drug-likeness (QED) is 0.794. The van der Waals surface area contributed by atoms with Crippen LogP contribution >= 0.6 is 0 Å². The summed E-state index contributed by atoms with van der Waals surface area (Å²) in [5, 5.41) is 12.5. The van der Waals surface area contributed by atoms with Gasteiger partial charge in [-0.05, 0) is 18.4 Å². The molecule has 1 aromatic rings. The van der Waals surface area contributed by atoms with Gasteiger partial charge in [-0.1, -0.05) is 30.3 Å². The highest BCUT2D eigenvalue weighted by Gasteiger charge is 2.20. The number of benzene rings is 1. The Balaban J connectivity index is 1.84. The molecule has 0 spiro atoms. The molecule has 17 heavy (non-hydrogen) atoms. The van der Waals surface area contributed by atoms with Crippen LogP contribution in [0.15, 0.2) is 30.3 Å². The van der Waals surface area contributed by atoms with Crippen LogP contribution in [-0.2, 0) is 6.42 Å². The van der Waals surface area contributed by atoms with Crippen LogP contribution in [-0.4, -0.2) is 48.8 Å². The second kappa shape index (κ2) is 6.74.